The average Bonchev–Trinajstić information content (AvgIpc) is 2.90. The molecular formula is C15H21N3S. The van der Waals surface area contributed by atoms with E-state index in [1.165, 1.54) is 36.1 Å². The van der Waals surface area contributed by atoms with Gasteiger partial charge in [-0.1, -0.05) is 19.8 Å². The van der Waals surface area contributed by atoms with Crippen LogP contribution in [-0.2, 0) is 0 Å². The molecule has 19 heavy (non-hydrogen) atoms. The normalized spacial score (nSPS) is 17.2. The van der Waals surface area contributed by atoms with E-state index in [9.17, 15) is 0 Å². The van der Waals surface area contributed by atoms with E-state index in [0.717, 1.165) is 30.2 Å². The molecule has 1 aromatic heterocycles. The van der Waals surface area contributed by atoms with Gasteiger partial charge in [-0.3, -0.25) is 0 Å². The fourth-order valence-corrected chi connectivity index (χ4v) is 3.78. The lowest BCUT2D eigenvalue weighted by Gasteiger charge is -2.34. The number of benzene rings is 1. The third-order valence-electron chi connectivity index (χ3n) is 4.17. The van der Waals surface area contributed by atoms with Gasteiger partial charge in [0.05, 0.1) is 21.6 Å². The van der Waals surface area contributed by atoms with Gasteiger partial charge >= 0.3 is 0 Å². The maximum absolute atomic E-state index is 6.29. The number of nitrogen functional groups attached to an aromatic ring is 1. The van der Waals surface area contributed by atoms with Gasteiger partial charge in [-0.2, -0.15) is 0 Å². The molecule has 102 valence electrons. The summed E-state index contributed by atoms with van der Waals surface area (Å²) >= 11 is 1.65. The number of nitrogens with zero attached hydrogens (tertiary/aromatic N) is 2. The van der Waals surface area contributed by atoms with Crippen molar-refractivity contribution in [2.24, 2.45) is 5.92 Å². The Bertz CT molecular complexity index is 556. The molecule has 3 nitrogen and oxygen atoms in total. The van der Waals surface area contributed by atoms with Crippen molar-refractivity contribution in [3.8, 4) is 0 Å². The highest BCUT2D eigenvalue weighted by molar-refractivity contribution is 7.16. The average molecular weight is 275 g/mol. The maximum Gasteiger partial charge on any atom is 0.106 e. The van der Waals surface area contributed by atoms with Crippen LogP contribution in [0.15, 0.2) is 17.6 Å². The first-order valence-corrected chi connectivity index (χ1v) is 8.04. The third kappa shape index (κ3) is 2.41. The summed E-state index contributed by atoms with van der Waals surface area (Å²) in [6.45, 7) is 4.54. The van der Waals surface area contributed by atoms with Crippen LogP contribution in [-0.4, -0.2) is 18.1 Å². The van der Waals surface area contributed by atoms with E-state index >= 15 is 0 Å². The van der Waals surface area contributed by atoms with Crippen molar-refractivity contribution >= 4 is 32.9 Å². The van der Waals surface area contributed by atoms with Crippen LogP contribution >= 0.6 is 11.3 Å². The molecule has 3 rings (SSSR count). The van der Waals surface area contributed by atoms with Gasteiger partial charge in [0.1, 0.15) is 5.52 Å². The molecule has 0 radical (unpaired) electrons. The summed E-state index contributed by atoms with van der Waals surface area (Å²) < 4.78 is 1.18. The van der Waals surface area contributed by atoms with Gasteiger partial charge in [0.15, 0.2) is 0 Å². The Morgan fingerprint density at radius 2 is 2.16 bits per heavy atom. The first-order chi connectivity index (χ1) is 9.29. The van der Waals surface area contributed by atoms with E-state index in [2.05, 4.69) is 28.9 Å². The van der Waals surface area contributed by atoms with Crippen molar-refractivity contribution in [1.82, 2.24) is 4.98 Å². The SMILES string of the molecule is CCCC1CCN(c2ccc3scnc3c2N)CC1. The predicted octanol–water partition coefficient (Wildman–Crippen LogP) is 3.90. The molecule has 4 heteroatoms. The Labute approximate surface area is 118 Å². The first kappa shape index (κ1) is 12.7. The second kappa shape index (κ2) is 5.37. The molecule has 2 N–H and O–H groups in total. The van der Waals surface area contributed by atoms with Crippen molar-refractivity contribution in [3.63, 3.8) is 0 Å². The predicted molar refractivity (Wildman–Crippen MR) is 83.9 cm³/mol. The smallest absolute Gasteiger partial charge is 0.106 e. The van der Waals surface area contributed by atoms with Gasteiger partial charge in [0.2, 0.25) is 0 Å². The molecule has 0 aliphatic carbocycles. The number of piperidine rings is 1. The topological polar surface area (TPSA) is 42.2 Å². The van der Waals surface area contributed by atoms with Crippen molar-refractivity contribution in [2.75, 3.05) is 23.7 Å². The molecule has 1 aromatic carbocycles. The van der Waals surface area contributed by atoms with Crippen LogP contribution in [0.5, 0.6) is 0 Å². The molecule has 1 aliphatic rings. The molecule has 1 aliphatic heterocycles. The molecular weight excluding hydrogens is 254 g/mol. The zero-order chi connectivity index (χ0) is 13.2. The number of anilines is 2. The van der Waals surface area contributed by atoms with Crippen LogP contribution in [0.4, 0.5) is 11.4 Å². The summed E-state index contributed by atoms with van der Waals surface area (Å²) in [5.74, 6) is 0.908. The van der Waals surface area contributed by atoms with Crippen LogP contribution in [0, 0.1) is 5.92 Å². The standard InChI is InChI=1S/C15H21N3S/c1-2-3-11-6-8-18(9-7-11)12-4-5-13-15(14(12)16)17-10-19-13/h4-5,10-11H,2-3,6-9,16H2,1H3. The highest BCUT2D eigenvalue weighted by atomic mass is 32.1. The molecule has 0 bridgehead atoms. The third-order valence-corrected chi connectivity index (χ3v) is 4.96. The van der Waals surface area contributed by atoms with Crippen molar-refractivity contribution in [1.29, 1.82) is 0 Å². The lowest BCUT2D eigenvalue weighted by atomic mass is 9.92. The van der Waals surface area contributed by atoms with E-state index in [-0.39, 0.29) is 0 Å². The minimum atomic E-state index is 0.854. The number of nitrogens with two attached hydrogens (primary N) is 1. The number of aromatic nitrogens is 1. The van der Waals surface area contributed by atoms with Gasteiger partial charge in [0, 0.05) is 13.1 Å². The summed E-state index contributed by atoms with van der Waals surface area (Å²) in [7, 11) is 0. The summed E-state index contributed by atoms with van der Waals surface area (Å²) in [6.07, 6.45) is 5.26. The van der Waals surface area contributed by atoms with Gasteiger partial charge in [-0.05, 0) is 30.9 Å². The van der Waals surface area contributed by atoms with Crippen LogP contribution < -0.4 is 10.6 Å². The monoisotopic (exact) mass is 275 g/mol. The molecule has 0 saturated carbocycles. The fourth-order valence-electron chi connectivity index (χ4n) is 3.09. The van der Waals surface area contributed by atoms with Gasteiger partial charge in [-0.15, -0.1) is 11.3 Å². The maximum atomic E-state index is 6.29. The zero-order valence-corrected chi connectivity index (χ0v) is 12.2. The van der Waals surface area contributed by atoms with Crippen molar-refractivity contribution in [3.05, 3.63) is 17.6 Å². The van der Waals surface area contributed by atoms with Crippen LogP contribution in [0.2, 0.25) is 0 Å². The second-order valence-corrected chi connectivity index (χ2v) is 6.30. The lowest BCUT2D eigenvalue weighted by molar-refractivity contribution is 0.378. The van der Waals surface area contributed by atoms with Crippen LogP contribution in [0.3, 0.4) is 0 Å². The van der Waals surface area contributed by atoms with E-state index in [1.54, 1.807) is 11.3 Å². The Balaban J connectivity index is 1.79. The molecule has 2 aromatic rings. The number of hydrogen-bond donors (Lipinski definition) is 1. The van der Waals surface area contributed by atoms with E-state index < -0.39 is 0 Å². The highest BCUT2D eigenvalue weighted by Crippen LogP contribution is 2.35. The first-order valence-electron chi connectivity index (χ1n) is 7.16. The van der Waals surface area contributed by atoms with Gasteiger partial charge in [-0.25, -0.2) is 4.98 Å². The minimum absolute atomic E-state index is 0.854. The van der Waals surface area contributed by atoms with Crippen LogP contribution in [0.1, 0.15) is 32.6 Å². The Morgan fingerprint density at radius 3 is 2.89 bits per heavy atom. The van der Waals surface area contributed by atoms with E-state index in [0.29, 0.717) is 0 Å². The Kier molecular flexibility index (Phi) is 3.60. The number of rotatable bonds is 3. The van der Waals surface area contributed by atoms with E-state index in [4.69, 9.17) is 5.73 Å². The Morgan fingerprint density at radius 1 is 1.37 bits per heavy atom. The molecule has 0 spiro atoms. The number of thiazole rings is 1. The summed E-state index contributed by atoms with van der Waals surface area (Å²) in [6, 6.07) is 4.31. The highest BCUT2D eigenvalue weighted by Gasteiger charge is 2.21. The molecule has 2 heterocycles. The number of fused-ring (bicyclic) bond motifs is 1. The summed E-state index contributed by atoms with van der Waals surface area (Å²) in [5, 5.41) is 0. The van der Waals surface area contributed by atoms with Crippen LogP contribution in [0.25, 0.3) is 10.2 Å². The fraction of sp³-hybridized carbons (Fsp3) is 0.533. The largest absolute Gasteiger partial charge is 0.395 e. The van der Waals surface area contributed by atoms with Gasteiger partial charge in [0.25, 0.3) is 0 Å². The Hall–Kier alpha value is -1.29. The number of hydrogen-bond acceptors (Lipinski definition) is 4. The minimum Gasteiger partial charge on any atom is -0.395 e. The van der Waals surface area contributed by atoms with Gasteiger partial charge < -0.3 is 10.6 Å². The molecule has 0 amide bonds. The molecule has 0 unspecified atom stereocenters. The lowest BCUT2D eigenvalue weighted by Crippen LogP contribution is -2.34. The quantitative estimate of drug-likeness (QED) is 0.864. The summed E-state index contributed by atoms with van der Waals surface area (Å²) in [5.41, 5.74) is 11.2. The molecule has 1 fully saturated rings. The second-order valence-electron chi connectivity index (χ2n) is 5.42. The van der Waals surface area contributed by atoms with Crippen molar-refractivity contribution < 1.29 is 0 Å². The molecule has 0 atom stereocenters. The molecule has 1 saturated heterocycles. The summed E-state index contributed by atoms with van der Waals surface area (Å²) in [4.78, 5) is 6.82. The zero-order valence-electron chi connectivity index (χ0n) is 11.4. The van der Waals surface area contributed by atoms with Crippen molar-refractivity contribution in [2.45, 2.75) is 32.6 Å². The van der Waals surface area contributed by atoms with E-state index in [1.807, 2.05) is 5.51 Å².